The molecule has 0 saturated carbocycles. The summed E-state index contributed by atoms with van der Waals surface area (Å²) in [4.78, 5) is 4.09. The van der Waals surface area contributed by atoms with Gasteiger partial charge in [0.1, 0.15) is 5.75 Å². The minimum atomic E-state index is 0.639. The molecule has 0 N–H and O–H groups in total. The van der Waals surface area contributed by atoms with E-state index in [2.05, 4.69) is 4.99 Å². The van der Waals surface area contributed by atoms with Crippen LogP contribution in [-0.4, -0.2) is 19.6 Å². The van der Waals surface area contributed by atoms with Gasteiger partial charge < -0.3 is 9.47 Å². The summed E-state index contributed by atoms with van der Waals surface area (Å²) in [6.07, 6.45) is 1.45. The van der Waals surface area contributed by atoms with Gasteiger partial charge >= 0.3 is 0 Å². The Morgan fingerprint density at radius 1 is 1.14 bits per heavy atom. The van der Waals surface area contributed by atoms with E-state index in [0.29, 0.717) is 13.2 Å². The fourth-order valence-corrected chi connectivity index (χ4v) is 0.968. The minimum Gasteiger partial charge on any atom is -0.494 e. The van der Waals surface area contributed by atoms with Gasteiger partial charge in [-0.3, -0.25) is 0 Å². The third-order valence-corrected chi connectivity index (χ3v) is 1.59. The van der Waals surface area contributed by atoms with Crippen molar-refractivity contribution in [1.29, 1.82) is 0 Å². The quantitative estimate of drug-likeness (QED) is 0.531. The van der Waals surface area contributed by atoms with Crippen LogP contribution in [0.15, 0.2) is 29.3 Å². The molecule has 0 atom stereocenters. The summed E-state index contributed by atoms with van der Waals surface area (Å²) in [6.45, 7) is 5.20. The zero-order chi connectivity index (χ0) is 10.2. The van der Waals surface area contributed by atoms with E-state index in [0.717, 1.165) is 11.4 Å². The first-order chi connectivity index (χ1) is 6.86. The number of aliphatic imine (C=N–C) groups is 1. The van der Waals surface area contributed by atoms with Crippen molar-refractivity contribution in [2.45, 2.75) is 13.8 Å². The van der Waals surface area contributed by atoms with Gasteiger partial charge in [0.2, 0.25) is 0 Å². The van der Waals surface area contributed by atoms with Crippen molar-refractivity contribution in [1.82, 2.24) is 0 Å². The molecule has 0 aliphatic heterocycles. The van der Waals surface area contributed by atoms with Crippen LogP contribution in [0.5, 0.6) is 5.75 Å². The van der Waals surface area contributed by atoms with Crippen molar-refractivity contribution in [2.75, 3.05) is 13.2 Å². The monoisotopic (exact) mass is 193 g/mol. The Morgan fingerprint density at radius 3 is 2.43 bits per heavy atom. The summed E-state index contributed by atoms with van der Waals surface area (Å²) in [6, 6.07) is 7.56. The molecule has 0 spiro atoms. The van der Waals surface area contributed by atoms with E-state index in [1.54, 1.807) is 0 Å². The summed E-state index contributed by atoms with van der Waals surface area (Å²) in [5.74, 6) is 0.864. The first kappa shape index (κ1) is 10.6. The predicted octanol–water partition coefficient (Wildman–Crippen LogP) is 2.78. The highest BCUT2D eigenvalue weighted by atomic mass is 16.5. The highest BCUT2D eigenvalue weighted by Gasteiger charge is 1.91. The van der Waals surface area contributed by atoms with Crippen molar-refractivity contribution in [3.05, 3.63) is 24.3 Å². The second-order valence-corrected chi connectivity index (χ2v) is 2.62. The SMILES string of the molecule is CCOC=Nc1ccc(OCC)cc1. The van der Waals surface area contributed by atoms with Gasteiger partial charge in [0.25, 0.3) is 0 Å². The Balaban J connectivity index is 2.54. The number of rotatable bonds is 5. The third-order valence-electron chi connectivity index (χ3n) is 1.59. The number of ether oxygens (including phenoxy) is 2. The van der Waals surface area contributed by atoms with E-state index >= 15 is 0 Å². The van der Waals surface area contributed by atoms with Crippen LogP contribution in [0, 0.1) is 0 Å². The van der Waals surface area contributed by atoms with Gasteiger partial charge in [0, 0.05) is 0 Å². The second-order valence-electron chi connectivity index (χ2n) is 2.62. The first-order valence-electron chi connectivity index (χ1n) is 4.73. The lowest BCUT2D eigenvalue weighted by Crippen LogP contribution is -1.90. The van der Waals surface area contributed by atoms with Crippen molar-refractivity contribution in [3.63, 3.8) is 0 Å². The molecule has 0 aliphatic rings. The van der Waals surface area contributed by atoms with Crippen LogP contribution in [0.2, 0.25) is 0 Å². The first-order valence-corrected chi connectivity index (χ1v) is 4.73. The van der Waals surface area contributed by atoms with Gasteiger partial charge in [-0.25, -0.2) is 4.99 Å². The summed E-state index contributed by atoms with van der Waals surface area (Å²) in [7, 11) is 0. The second kappa shape index (κ2) is 6.02. The zero-order valence-corrected chi connectivity index (χ0v) is 8.56. The highest BCUT2D eigenvalue weighted by molar-refractivity contribution is 5.56. The van der Waals surface area contributed by atoms with E-state index in [-0.39, 0.29) is 0 Å². The van der Waals surface area contributed by atoms with E-state index < -0.39 is 0 Å². The lowest BCUT2D eigenvalue weighted by atomic mass is 10.3. The van der Waals surface area contributed by atoms with Gasteiger partial charge in [0.15, 0.2) is 6.40 Å². The minimum absolute atomic E-state index is 0.639. The molecule has 1 aromatic rings. The van der Waals surface area contributed by atoms with Crippen LogP contribution in [0.1, 0.15) is 13.8 Å². The van der Waals surface area contributed by atoms with Gasteiger partial charge in [-0.2, -0.15) is 0 Å². The largest absolute Gasteiger partial charge is 0.494 e. The molecule has 0 unspecified atom stereocenters. The molecule has 1 rings (SSSR count). The topological polar surface area (TPSA) is 30.8 Å². The molecule has 0 heterocycles. The molecule has 0 fully saturated rings. The van der Waals surface area contributed by atoms with Crippen molar-refractivity contribution in [2.24, 2.45) is 4.99 Å². The van der Waals surface area contributed by atoms with Crippen LogP contribution < -0.4 is 4.74 Å². The van der Waals surface area contributed by atoms with Crippen LogP contribution in [0.3, 0.4) is 0 Å². The third kappa shape index (κ3) is 3.47. The molecule has 0 bridgehead atoms. The Labute approximate surface area is 84.4 Å². The maximum atomic E-state index is 5.30. The smallest absolute Gasteiger partial charge is 0.174 e. The summed E-state index contributed by atoms with van der Waals surface area (Å²) >= 11 is 0. The Hall–Kier alpha value is -1.51. The number of hydrogen-bond acceptors (Lipinski definition) is 3. The molecular weight excluding hydrogens is 178 g/mol. The molecule has 0 amide bonds. The Morgan fingerprint density at radius 2 is 1.86 bits per heavy atom. The molecule has 76 valence electrons. The molecule has 1 aromatic carbocycles. The van der Waals surface area contributed by atoms with Gasteiger partial charge in [-0.15, -0.1) is 0 Å². The van der Waals surface area contributed by atoms with Crippen LogP contribution in [-0.2, 0) is 4.74 Å². The summed E-state index contributed by atoms with van der Waals surface area (Å²) in [5, 5.41) is 0. The van der Waals surface area contributed by atoms with Crippen molar-refractivity contribution < 1.29 is 9.47 Å². The average Bonchev–Trinajstić information content (AvgIpc) is 2.21. The molecule has 0 aromatic heterocycles. The van der Waals surface area contributed by atoms with Crippen LogP contribution in [0.25, 0.3) is 0 Å². The van der Waals surface area contributed by atoms with Crippen molar-refractivity contribution in [3.8, 4) is 5.75 Å². The molecule has 3 heteroatoms. The Bertz CT molecular complexity index is 280. The van der Waals surface area contributed by atoms with E-state index in [1.807, 2.05) is 38.1 Å². The molecule has 14 heavy (non-hydrogen) atoms. The predicted molar refractivity (Wildman–Crippen MR) is 57.4 cm³/mol. The molecule has 0 saturated heterocycles. The van der Waals surface area contributed by atoms with Gasteiger partial charge in [0.05, 0.1) is 18.9 Å². The molecule has 3 nitrogen and oxygen atoms in total. The van der Waals surface area contributed by atoms with Gasteiger partial charge in [-0.05, 0) is 38.1 Å². The van der Waals surface area contributed by atoms with Crippen LogP contribution in [0.4, 0.5) is 5.69 Å². The fraction of sp³-hybridized carbons (Fsp3) is 0.364. The fourth-order valence-electron chi connectivity index (χ4n) is 0.968. The van der Waals surface area contributed by atoms with E-state index in [9.17, 15) is 0 Å². The lowest BCUT2D eigenvalue weighted by molar-refractivity contribution is 0.340. The highest BCUT2D eigenvalue weighted by Crippen LogP contribution is 2.17. The number of benzene rings is 1. The van der Waals surface area contributed by atoms with E-state index in [1.165, 1.54) is 6.40 Å². The number of hydrogen-bond donors (Lipinski definition) is 0. The molecule has 0 aliphatic carbocycles. The van der Waals surface area contributed by atoms with Crippen molar-refractivity contribution >= 4 is 12.1 Å². The van der Waals surface area contributed by atoms with E-state index in [4.69, 9.17) is 9.47 Å². The lowest BCUT2D eigenvalue weighted by Gasteiger charge is -2.01. The van der Waals surface area contributed by atoms with Crippen LogP contribution >= 0.6 is 0 Å². The summed E-state index contributed by atoms with van der Waals surface area (Å²) in [5.41, 5.74) is 0.863. The molecule has 0 radical (unpaired) electrons. The summed E-state index contributed by atoms with van der Waals surface area (Å²) < 4.78 is 10.3. The zero-order valence-electron chi connectivity index (χ0n) is 8.56. The molecular formula is C11H15NO2. The van der Waals surface area contributed by atoms with Gasteiger partial charge in [-0.1, -0.05) is 0 Å². The Kier molecular flexibility index (Phi) is 4.55. The number of nitrogens with zero attached hydrogens (tertiary/aromatic N) is 1. The maximum absolute atomic E-state index is 5.30. The standard InChI is InChI=1S/C11H15NO2/c1-3-13-9-12-10-5-7-11(8-6-10)14-4-2/h5-9H,3-4H2,1-2H3. The average molecular weight is 193 g/mol. The normalized spacial score (nSPS) is 10.4. The maximum Gasteiger partial charge on any atom is 0.174 e.